The fourth-order valence-corrected chi connectivity index (χ4v) is 3.47. The standard InChI is InChI=1S/C17H16OSe/c1-2-18-14-13-17(15-9-5-3-6-10-15)19-16-11-7-4-8-12-16/h3-13H,2H2,1H3/b17-13+. The summed E-state index contributed by atoms with van der Waals surface area (Å²) in [6, 6.07) is 20.9. The van der Waals surface area contributed by atoms with Gasteiger partial charge in [-0.05, 0) is 0 Å². The van der Waals surface area contributed by atoms with Gasteiger partial charge in [0.1, 0.15) is 0 Å². The molecule has 0 saturated heterocycles. The molecular weight excluding hydrogens is 299 g/mol. The molecule has 0 radical (unpaired) electrons. The predicted octanol–water partition coefficient (Wildman–Crippen LogP) is 2.72. The van der Waals surface area contributed by atoms with Crippen LogP contribution in [0.1, 0.15) is 12.5 Å². The third-order valence-corrected chi connectivity index (χ3v) is 4.72. The second kappa shape index (κ2) is 7.73. The van der Waals surface area contributed by atoms with Gasteiger partial charge in [0.05, 0.1) is 0 Å². The molecule has 2 aromatic carbocycles. The summed E-state index contributed by atoms with van der Waals surface area (Å²) in [5.41, 5.74) is 1.23. The summed E-state index contributed by atoms with van der Waals surface area (Å²) in [7, 11) is 0. The van der Waals surface area contributed by atoms with Crippen LogP contribution in [0, 0.1) is 0 Å². The summed E-state index contributed by atoms with van der Waals surface area (Å²) in [5.74, 6) is 0. The van der Waals surface area contributed by atoms with Crippen molar-refractivity contribution in [1.29, 1.82) is 0 Å². The zero-order chi connectivity index (χ0) is 13.3. The molecule has 1 nitrogen and oxygen atoms in total. The number of allylic oxidation sites excluding steroid dienone is 1. The summed E-state index contributed by atoms with van der Waals surface area (Å²) in [5, 5.41) is 0. The van der Waals surface area contributed by atoms with Gasteiger partial charge in [-0.25, -0.2) is 0 Å². The number of carbonyl (C=O) groups excluding carboxylic acids is 1. The van der Waals surface area contributed by atoms with Crippen molar-refractivity contribution in [3.8, 4) is 0 Å². The van der Waals surface area contributed by atoms with Crippen LogP contribution in [-0.4, -0.2) is 27.8 Å². The van der Waals surface area contributed by atoms with Crippen molar-refractivity contribution in [2.75, 3.05) is 6.61 Å². The van der Waals surface area contributed by atoms with E-state index in [9.17, 15) is 0 Å². The molecule has 0 spiro atoms. The molecule has 0 aliphatic carbocycles. The third kappa shape index (κ3) is 4.51. The molecule has 0 N–H and O–H groups in total. The Balaban J connectivity index is 2.25. The average molecular weight is 315 g/mol. The first-order chi connectivity index (χ1) is 9.40. The van der Waals surface area contributed by atoms with E-state index in [2.05, 4.69) is 54.8 Å². The Morgan fingerprint density at radius 1 is 1.05 bits per heavy atom. The molecule has 0 amide bonds. The van der Waals surface area contributed by atoms with E-state index in [-0.39, 0.29) is 15.0 Å². The third-order valence-electron chi connectivity index (χ3n) is 2.45. The van der Waals surface area contributed by atoms with Gasteiger partial charge < -0.3 is 0 Å². The zero-order valence-corrected chi connectivity index (χ0v) is 12.6. The van der Waals surface area contributed by atoms with E-state index in [0.717, 1.165) is 0 Å². The molecule has 0 bridgehead atoms. The van der Waals surface area contributed by atoms with Crippen molar-refractivity contribution in [3.63, 3.8) is 0 Å². The van der Waals surface area contributed by atoms with Crippen LogP contribution >= 0.6 is 0 Å². The molecule has 0 aliphatic heterocycles. The summed E-state index contributed by atoms with van der Waals surface area (Å²) in [6.45, 7) is 2.61. The molecule has 0 heterocycles. The van der Waals surface area contributed by atoms with Crippen molar-refractivity contribution >= 4 is 30.2 Å². The van der Waals surface area contributed by atoms with Gasteiger partial charge in [0.2, 0.25) is 0 Å². The summed E-state index contributed by atoms with van der Waals surface area (Å²) in [6.07, 6.45) is 4.87. The quantitative estimate of drug-likeness (QED) is 0.348. The summed E-state index contributed by atoms with van der Waals surface area (Å²) >= 11 is 0.257. The van der Waals surface area contributed by atoms with Crippen LogP contribution < -0.4 is 4.46 Å². The summed E-state index contributed by atoms with van der Waals surface area (Å²) < 4.78 is 7.83. The number of benzene rings is 2. The Bertz CT molecular complexity index is 544. The molecule has 19 heavy (non-hydrogen) atoms. The molecular formula is C17H16OSe. The van der Waals surface area contributed by atoms with Gasteiger partial charge in [0.25, 0.3) is 0 Å². The zero-order valence-electron chi connectivity index (χ0n) is 10.9. The van der Waals surface area contributed by atoms with Crippen LogP contribution in [0.4, 0.5) is 0 Å². The minimum absolute atomic E-state index is 0.257. The topological polar surface area (TPSA) is 11.3 Å². The molecule has 0 saturated carbocycles. The monoisotopic (exact) mass is 316 g/mol. The first-order valence-corrected chi connectivity index (χ1v) is 7.97. The Morgan fingerprint density at radius 3 is 2.32 bits per heavy atom. The molecule has 2 rings (SSSR count). The molecule has 0 atom stereocenters. The first-order valence-electron chi connectivity index (χ1n) is 6.26. The fraction of sp³-hybridized carbons (Fsp3) is 0.118. The van der Waals surface area contributed by atoms with Crippen LogP contribution in [0.3, 0.4) is 0 Å². The Morgan fingerprint density at radius 2 is 1.68 bits per heavy atom. The SMILES string of the molecule is CC[O+]=[C-]/C=C(/[Se]c1ccccc1)c1ccccc1. The van der Waals surface area contributed by atoms with Crippen molar-refractivity contribution in [2.45, 2.75) is 6.92 Å². The van der Waals surface area contributed by atoms with E-state index < -0.39 is 0 Å². The van der Waals surface area contributed by atoms with Gasteiger partial charge in [0, 0.05) is 0 Å². The second-order valence-corrected chi connectivity index (χ2v) is 6.18. The number of hydrogen-bond acceptors (Lipinski definition) is 0. The van der Waals surface area contributed by atoms with Crippen LogP contribution in [0.25, 0.3) is 4.47 Å². The van der Waals surface area contributed by atoms with E-state index in [1.54, 1.807) is 0 Å². The van der Waals surface area contributed by atoms with Crippen LogP contribution in [0.5, 0.6) is 0 Å². The molecule has 2 aromatic rings. The predicted molar refractivity (Wildman–Crippen MR) is 82.5 cm³/mol. The molecule has 0 fully saturated rings. The van der Waals surface area contributed by atoms with Gasteiger partial charge in [0.15, 0.2) is 0 Å². The maximum absolute atomic E-state index is 5.21. The second-order valence-electron chi connectivity index (χ2n) is 3.84. The molecule has 0 aliphatic rings. The maximum atomic E-state index is 5.21. The van der Waals surface area contributed by atoms with Gasteiger partial charge in [-0.1, -0.05) is 0 Å². The average Bonchev–Trinajstić information content (AvgIpc) is 2.48. The van der Waals surface area contributed by atoms with Gasteiger partial charge in [-0.3, -0.25) is 0 Å². The Hall–Kier alpha value is -1.63. The molecule has 96 valence electrons. The number of hydrogen-bond donors (Lipinski definition) is 0. The van der Waals surface area contributed by atoms with Gasteiger partial charge >= 0.3 is 120 Å². The van der Waals surface area contributed by atoms with Crippen molar-refractivity contribution in [2.24, 2.45) is 0 Å². The van der Waals surface area contributed by atoms with Crippen molar-refractivity contribution < 1.29 is 4.42 Å². The molecule has 0 unspecified atom stereocenters. The normalized spacial score (nSPS) is 11.9. The van der Waals surface area contributed by atoms with E-state index in [1.165, 1.54) is 14.5 Å². The van der Waals surface area contributed by atoms with Crippen LogP contribution in [-0.2, 0) is 4.42 Å². The molecule has 2 heteroatoms. The van der Waals surface area contributed by atoms with Gasteiger partial charge in [-0.2, -0.15) is 0 Å². The Labute approximate surface area is 120 Å². The van der Waals surface area contributed by atoms with Gasteiger partial charge in [-0.15, -0.1) is 0 Å². The van der Waals surface area contributed by atoms with E-state index in [4.69, 9.17) is 4.42 Å². The Kier molecular flexibility index (Phi) is 5.61. The first kappa shape index (κ1) is 13.8. The minimum atomic E-state index is 0.257. The summed E-state index contributed by atoms with van der Waals surface area (Å²) in [4.78, 5) is 0. The van der Waals surface area contributed by atoms with Crippen molar-refractivity contribution in [1.82, 2.24) is 0 Å². The molecule has 0 aromatic heterocycles. The van der Waals surface area contributed by atoms with Crippen LogP contribution in [0.2, 0.25) is 0 Å². The van der Waals surface area contributed by atoms with E-state index in [0.29, 0.717) is 6.61 Å². The van der Waals surface area contributed by atoms with E-state index >= 15 is 0 Å². The fourth-order valence-electron chi connectivity index (χ4n) is 1.57. The van der Waals surface area contributed by atoms with Crippen molar-refractivity contribution in [3.05, 3.63) is 72.3 Å². The van der Waals surface area contributed by atoms with E-state index in [1.807, 2.05) is 25.1 Å². The van der Waals surface area contributed by atoms with Crippen LogP contribution in [0.15, 0.2) is 66.7 Å². The number of rotatable bonds is 5.